The molecule has 0 aliphatic carbocycles. The summed E-state index contributed by atoms with van der Waals surface area (Å²) < 4.78 is 2.60. The topological polar surface area (TPSA) is 12.0 Å². The Kier molecular flexibility index (Phi) is 5.87. The van der Waals surface area contributed by atoms with Crippen molar-refractivity contribution in [1.82, 2.24) is 5.32 Å². The smallest absolute Gasteiger partial charge is 0.0379 e. The zero-order chi connectivity index (χ0) is 13.8. The van der Waals surface area contributed by atoms with E-state index in [4.69, 9.17) is 0 Å². The molecule has 102 valence electrons. The van der Waals surface area contributed by atoms with Crippen molar-refractivity contribution in [3.05, 3.63) is 53.7 Å². The van der Waals surface area contributed by atoms with Crippen molar-refractivity contribution in [3.8, 4) is 0 Å². The number of thiophene rings is 1. The van der Waals surface area contributed by atoms with Gasteiger partial charge in [0.1, 0.15) is 0 Å². The lowest BCUT2D eigenvalue weighted by molar-refractivity contribution is 0.550. The highest BCUT2D eigenvalue weighted by Crippen LogP contribution is 2.30. The van der Waals surface area contributed by atoms with Crippen LogP contribution in [0.1, 0.15) is 29.0 Å². The summed E-state index contributed by atoms with van der Waals surface area (Å²) in [6.07, 6.45) is 1.03. The van der Waals surface area contributed by atoms with Crippen LogP contribution in [0, 0.1) is 10.5 Å². The predicted molar refractivity (Wildman–Crippen MR) is 96.0 cm³/mol. The number of aryl methyl sites for hydroxylation is 1. The monoisotopic (exact) mass is 449 g/mol. The minimum absolute atomic E-state index is 0.381. The van der Waals surface area contributed by atoms with Gasteiger partial charge in [0.2, 0.25) is 0 Å². The molecule has 0 aliphatic rings. The SMILES string of the molecule is CCNC(Cc1sccc1Br)c1cccc(C)c1I. The van der Waals surface area contributed by atoms with E-state index < -0.39 is 0 Å². The fraction of sp³-hybridized carbons (Fsp3) is 0.333. The van der Waals surface area contributed by atoms with E-state index in [1.54, 1.807) is 0 Å². The van der Waals surface area contributed by atoms with E-state index in [0.717, 1.165) is 13.0 Å². The third-order valence-corrected chi connectivity index (χ3v) is 6.55. The van der Waals surface area contributed by atoms with Crippen LogP contribution in [0.3, 0.4) is 0 Å². The first-order valence-corrected chi connectivity index (χ1v) is 9.09. The number of hydrogen-bond acceptors (Lipinski definition) is 2. The fourth-order valence-electron chi connectivity index (χ4n) is 2.13. The number of benzene rings is 1. The molecule has 1 N–H and O–H groups in total. The molecule has 2 rings (SSSR count). The van der Waals surface area contributed by atoms with E-state index in [2.05, 4.69) is 87.3 Å². The second-order valence-corrected chi connectivity index (χ2v) is 7.42. The maximum absolute atomic E-state index is 3.63. The van der Waals surface area contributed by atoms with Gasteiger partial charge >= 0.3 is 0 Å². The van der Waals surface area contributed by atoms with Gasteiger partial charge in [0, 0.05) is 25.4 Å². The fourth-order valence-corrected chi connectivity index (χ4v) is 4.43. The second kappa shape index (κ2) is 7.20. The minimum atomic E-state index is 0.381. The Balaban J connectivity index is 2.29. The molecule has 1 nitrogen and oxygen atoms in total. The second-order valence-electron chi connectivity index (χ2n) is 4.48. The van der Waals surface area contributed by atoms with Crippen LogP contribution in [-0.4, -0.2) is 6.54 Å². The molecule has 19 heavy (non-hydrogen) atoms. The molecule has 0 fully saturated rings. The third-order valence-electron chi connectivity index (χ3n) is 3.13. The maximum atomic E-state index is 3.63. The Morgan fingerprint density at radius 1 is 1.37 bits per heavy atom. The first-order chi connectivity index (χ1) is 9.13. The molecule has 0 bridgehead atoms. The largest absolute Gasteiger partial charge is 0.310 e. The molecule has 1 aromatic carbocycles. The molecule has 1 aromatic heterocycles. The lowest BCUT2D eigenvalue weighted by atomic mass is 10.0. The highest BCUT2D eigenvalue weighted by molar-refractivity contribution is 14.1. The summed E-state index contributed by atoms with van der Waals surface area (Å²) in [6.45, 7) is 5.33. The van der Waals surface area contributed by atoms with Crippen molar-refractivity contribution in [2.75, 3.05) is 6.54 Å². The van der Waals surface area contributed by atoms with Crippen LogP contribution in [0.5, 0.6) is 0 Å². The van der Waals surface area contributed by atoms with E-state index in [9.17, 15) is 0 Å². The van der Waals surface area contributed by atoms with Gasteiger partial charge in [-0.25, -0.2) is 0 Å². The van der Waals surface area contributed by atoms with Crippen LogP contribution in [-0.2, 0) is 6.42 Å². The summed E-state index contributed by atoms with van der Waals surface area (Å²) in [5.74, 6) is 0. The molecule has 1 heterocycles. The molecule has 2 aromatic rings. The van der Waals surface area contributed by atoms with Gasteiger partial charge in [0.25, 0.3) is 0 Å². The maximum Gasteiger partial charge on any atom is 0.0379 e. The van der Waals surface area contributed by atoms with E-state index in [-0.39, 0.29) is 0 Å². The average Bonchev–Trinajstić information content (AvgIpc) is 2.78. The van der Waals surface area contributed by atoms with Crippen molar-refractivity contribution in [2.45, 2.75) is 26.3 Å². The van der Waals surface area contributed by atoms with Crippen LogP contribution in [0.4, 0.5) is 0 Å². The Morgan fingerprint density at radius 3 is 2.79 bits per heavy atom. The van der Waals surface area contributed by atoms with Gasteiger partial charge in [0.05, 0.1) is 0 Å². The lowest BCUT2D eigenvalue weighted by Crippen LogP contribution is -2.23. The number of rotatable bonds is 5. The van der Waals surface area contributed by atoms with Crippen LogP contribution in [0.25, 0.3) is 0 Å². The van der Waals surface area contributed by atoms with Crippen molar-refractivity contribution < 1.29 is 0 Å². The molecule has 0 radical (unpaired) electrons. The zero-order valence-corrected chi connectivity index (χ0v) is 15.6. The Hall–Kier alpha value is 0.0900. The number of halogens is 2. The van der Waals surface area contributed by atoms with Gasteiger partial charge in [-0.15, -0.1) is 11.3 Å². The zero-order valence-electron chi connectivity index (χ0n) is 11.0. The van der Waals surface area contributed by atoms with Crippen molar-refractivity contribution in [3.63, 3.8) is 0 Å². The van der Waals surface area contributed by atoms with Crippen molar-refractivity contribution >= 4 is 49.9 Å². The lowest BCUT2D eigenvalue weighted by Gasteiger charge is -2.20. The molecule has 0 aliphatic heterocycles. The Morgan fingerprint density at radius 2 is 2.16 bits per heavy atom. The molecular formula is C15H17BrINS. The van der Waals surface area contributed by atoms with Gasteiger partial charge in [-0.2, -0.15) is 0 Å². The third kappa shape index (κ3) is 3.80. The predicted octanol–water partition coefficient (Wildman–Crippen LogP) is 5.32. The summed E-state index contributed by atoms with van der Waals surface area (Å²) in [5, 5.41) is 5.76. The molecule has 1 atom stereocenters. The number of nitrogens with one attached hydrogen (secondary N) is 1. The van der Waals surface area contributed by atoms with Gasteiger partial charge in [-0.1, -0.05) is 25.1 Å². The molecule has 1 unspecified atom stereocenters. The molecular weight excluding hydrogens is 433 g/mol. The molecule has 0 saturated heterocycles. The van der Waals surface area contributed by atoms with E-state index in [1.165, 1.54) is 24.0 Å². The first kappa shape index (κ1) is 15.5. The van der Waals surface area contributed by atoms with E-state index >= 15 is 0 Å². The molecule has 4 heteroatoms. The van der Waals surface area contributed by atoms with Crippen LogP contribution >= 0.6 is 49.9 Å². The van der Waals surface area contributed by atoms with Crippen LogP contribution in [0.2, 0.25) is 0 Å². The highest BCUT2D eigenvalue weighted by atomic mass is 127. The van der Waals surface area contributed by atoms with Crippen molar-refractivity contribution in [1.29, 1.82) is 0 Å². The van der Waals surface area contributed by atoms with Crippen LogP contribution < -0.4 is 5.32 Å². The number of likely N-dealkylation sites (N-methyl/N-ethyl adjacent to an activating group) is 1. The molecule has 0 spiro atoms. The standard InChI is InChI=1S/C15H17BrINS/c1-3-18-13(9-14-12(16)7-8-19-14)11-6-4-5-10(2)15(11)17/h4-8,13,18H,3,9H2,1-2H3. The Bertz CT molecular complexity index is 553. The summed E-state index contributed by atoms with van der Waals surface area (Å²) in [5.41, 5.74) is 2.76. The summed E-state index contributed by atoms with van der Waals surface area (Å²) in [7, 11) is 0. The summed E-state index contributed by atoms with van der Waals surface area (Å²) in [6, 6.07) is 9.08. The minimum Gasteiger partial charge on any atom is -0.310 e. The highest BCUT2D eigenvalue weighted by Gasteiger charge is 2.17. The van der Waals surface area contributed by atoms with E-state index in [0.29, 0.717) is 6.04 Å². The van der Waals surface area contributed by atoms with Crippen molar-refractivity contribution in [2.24, 2.45) is 0 Å². The van der Waals surface area contributed by atoms with Crippen LogP contribution in [0.15, 0.2) is 34.1 Å². The van der Waals surface area contributed by atoms with Gasteiger partial charge < -0.3 is 5.32 Å². The normalized spacial score (nSPS) is 12.6. The summed E-state index contributed by atoms with van der Waals surface area (Å²) >= 11 is 7.91. The Labute approximate surface area is 141 Å². The van der Waals surface area contributed by atoms with Gasteiger partial charge in [-0.3, -0.25) is 0 Å². The molecule has 0 saturated carbocycles. The van der Waals surface area contributed by atoms with Gasteiger partial charge in [-0.05, 0) is 74.6 Å². The molecule has 0 amide bonds. The van der Waals surface area contributed by atoms with Gasteiger partial charge in [0.15, 0.2) is 0 Å². The first-order valence-electron chi connectivity index (χ1n) is 6.33. The quantitative estimate of drug-likeness (QED) is 0.609. The number of hydrogen-bond donors (Lipinski definition) is 1. The van der Waals surface area contributed by atoms with E-state index in [1.807, 2.05) is 11.3 Å². The summed E-state index contributed by atoms with van der Waals surface area (Å²) in [4.78, 5) is 1.41. The average molecular weight is 450 g/mol.